The zero-order chi connectivity index (χ0) is 12.7. The minimum atomic E-state index is -0.182. The van der Waals surface area contributed by atoms with E-state index in [1.807, 2.05) is 0 Å². The van der Waals surface area contributed by atoms with Crippen LogP contribution in [0.1, 0.15) is 16.8 Å². The molecule has 0 radical (unpaired) electrons. The van der Waals surface area contributed by atoms with Crippen molar-refractivity contribution in [2.75, 3.05) is 32.6 Å². The van der Waals surface area contributed by atoms with Crippen LogP contribution in [-0.2, 0) is 4.74 Å². The number of hydrogen-bond acceptors (Lipinski definition) is 4. The molecule has 1 aromatic rings. The fourth-order valence-corrected chi connectivity index (χ4v) is 1.53. The number of anilines is 1. The molecule has 17 heavy (non-hydrogen) atoms. The average molecular weight is 258 g/mol. The van der Waals surface area contributed by atoms with Gasteiger partial charge < -0.3 is 15.4 Å². The normalized spacial score (nSPS) is 10.1. The molecule has 5 nitrogen and oxygen atoms in total. The van der Waals surface area contributed by atoms with Gasteiger partial charge in [-0.2, -0.15) is 0 Å². The molecule has 0 fully saturated rings. The minimum absolute atomic E-state index is 0.182. The molecule has 1 heterocycles. The Morgan fingerprint density at radius 3 is 2.94 bits per heavy atom. The number of methoxy groups -OCH3 is 1. The maximum atomic E-state index is 11.7. The molecule has 1 rings (SSSR count). The summed E-state index contributed by atoms with van der Waals surface area (Å²) in [6, 6.07) is 1.59. The van der Waals surface area contributed by atoms with Crippen LogP contribution in [0.15, 0.2) is 12.3 Å². The average Bonchev–Trinajstić information content (AvgIpc) is 2.34. The first-order valence-electron chi connectivity index (χ1n) is 5.29. The van der Waals surface area contributed by atoms with Crippen LogP contribution in [0.4, 0.5) is 5.82 Å². The van der Waals surface area contributed by atoms with Crippen molar-refractivity contribution < 1.29 is 9.53 Å². The standard InChI is InChI=1S/C11H16ClN3O2/c1-13-10-9(12)6-8(7-15-10)11(16)14-4-3-5-17-2/h6-7H,3-5H2,1-2H3,(H,13,15)(H,14,16). The highest BCUT2D eigenvalue weighted by molar-refractivity contribution is 6.33. The summed E-state index contributed by atoms with van der Waals surface area (Å²) >= 11 is 5.93. The summed E-state index contributed by atoms with van der Waals surface area (Å²) in [5.74, 6) is 0.376. The van der Waals surface area contributed by atoms with Crippen molar-refractivity contribution in [3.8, 4) is 0 Å². The van der Waals surface area contributed by atoms with Crippen molar-refractivity contribution in [3.05, 3.63) is 22.8 Å². The molecule has 6 heteroatoms. The number of halogens is 1. The Morgan fingerprint density at radius 2 is 2.35 bits per heavy atom. The molecule has 2 N–H and O–H groups in total. The molecular weight excluding hydrogens is 242 g/mol. The van der Waals surface area contributed by atoms with Gasteiger partial charge in [0.05, 0.1) is 10.6 Å². The van der Waals surface area contributed by atoms with E-state index < -0.39 is 0 Å². The molecule has 0 bridgehead atoms. The maximum absolute atomic E-state index is 11.7. The Hall–Kier alpha value is -1.33. The largest absolute Gasteiger partial charge is 0.385 e. The summed E-state index contributed by atoms with van der Waals surface area (Å²) < 4.78 is 4.89. The van der Waals surface area contributed by atoms with Crippen molar-refractivity contribution in [2.24, 2.45) is 0 Å². The Balaban J connectivity index is 2.54. The lowest BCUT2D eigenvalue weighted by Crippen LogP contribution is -2.25. The minimum Gasteiger partial charge on any atom is -0.385 e. The van der Waals surface area contributed by atoms with Gasteiger partial charge in [0.25, 0.3) is 5.91 Å². The van der Waals surface area contributed by atoms with Gasteiger partial charge in [0, 0.05) is 33.5 Å². The Labute approximate surface area is 106 Å². The van der Waals surface area contributed by atoms with E-state index in [1.165, 1.54) is 6.20 Å². The molecule has 0 saturated carbocycles. The number of hydrogen-bond donors (Lipinski definition) is 2. The van der Waals surface area contributed by atoms with Crippen molar-refractivity contribution in [2.45, 2.75) is 6.42 Å². The summed E-state index contributed by atoms with van der Waals surface area (Å²) in [6.45, 7) is 1.19. The van der Waals surface area contributed by atoms with Gasteiger partial charge in [-0.3, -0.25) is 4.79 Å². The van der Waals surface area contributed by atoms with Crippen LogP contribution in [0.3, 0.4) is 0 Å². The smallest absolute Gasteiger partial charge is 0.252 e. The molecule has 1 amide bonds. The lowest BCUT2D eigenvalue weighted by atomic mass is 10.2. The van der Waals surface area contributed by atoms with E-state index in [-0.39, 0.29) is 5.91 Å². The first-order chi connectivity index (χ1) is 8.19. The van der Waals surface area contributed by atoms with Crippen molar-refractivity contribution >= 4 is 23.3 Å². The van der Waals surface area contributed by atoms with Gasteiger partial charge in [0.1, 0.15) is 5.82 Å². The highest BCUT2D eigenvalue weighted by Gasteiger charge is 2.08. The van der Waals surface area contributed by atoms with Crippen LogP contribution in [0.2, 0.25) is 5.02 Å². The number of ether oxygens (including phenoxy) is 1. The predicted octanol–water partition coefficient (Wildman–Crippen LogP) is 1.54. The van der Waals surface area contributed by atoms with Crippen LogP contribution >= 0.6 is 11.6 Å². The lowest BCUT2D eigenvalue weighted by molar-refractivity contribution is 0.0948. The molecule has 0 spiro atoms. The summed E-state index contributed by atoms with van der Waals surface area (Å²) in [6.07, 6.45) is 2.27. The fraction of sp³-hybridized carbons (Fsp3) is 0.455. The second-order valence-electron chi connectivity index (χ2n) is 3.41. The summed E-state index contributed by atoms with van der Waals surface area (Å²) in [5, 5.41) is 6.02. The number of carbonyl (C=O) groups excluding carboxylic acids is 1. The molecule has 0 aromatic carbocycles. The van der Waals surface area contributed by atoms with Crippen LogP contribution in [0, 0.1) is 0 Å². The molecule has 0 saturated heterocycles. The van der Waals surface area contributed by atoms with E-state index in [9.17, 15) is 4.79 Å². The van der Waals surface area contributed by atoms with Crippen molar-refractivity contribution in [1.29, 1.82) is 0 Å². The zero-order valence-electron chi connectivity index (χ0n) is 9.92. The topological polar surface area (TPSA) is 63.2 Å². The van der Waals surface area contributed by atoms with Crippen LogP contribution in [-0.4, -0.2) is 38.2 Å². The van der Waals surface area contributed by atoms with Crippen LogP contribution in [0.25, 0.3) is 0 Å². The highest BCUT2D eigenvalue weighted by atomic mass is 35.5. The second-order valence-corrected chi connectivity index (χ2v) is 3.81. The fourth-order valence-electron chi connectivity index (χ4n) is 1.27. The van der Waals surface area contributed by atoms with E-state index in [1.54, 1.807) is 20.2 Å². The quantitative estimate of drug-likeness (QED) is 0.759. The zero-order valence-corrected chi connectivity index (χ0v) is 10.7. The van der Waals surface area contributed by atoms with E-state index in [4.69, 9.17) is 16.3 Å². The molecule has 0 aliphatic heterocycles. The SMILES string of the molecule is CNc1ncc(C(=O)NCCCOC)cc1Cl. The Morgan fingerprint density at radius 1 is 1.59 bits per heavy atom. The second kappa shape index (κ2) is 7.09. The molecule has 0 unspecified atom stereocenters. The number of carbonyl (C=O) groups is 1. The molecular formula is C11H16ClN3O2. The van der Waals surface area contributed by atoms with Gasteiger partial charge in [0.15, 0.2) is 0 Å². The first kappa shape index (κ1) is 13.7. The third kappa shape index (κ3) is 4.20. The first-order valence-corrected chi connectivity index (χ1v) is 5.67. The third-order valence-electron chi connectivity index (χ3n) is 2.15. The van der Waals surface area contributed by atoms with E-state index in [2.05, 4.69) is 15.6 Å². The molecule has 0 aliphatic carbocycles. The monoisotopic (exact) mass is 257 g/mol. The van der Waals surface area contributed by atoms with Gasteiger partial charge in [-0.1, -0.05) is 11.6 Å². The molecule has 0 atom stereocenters. The summed E-state index contributed by atoms with van der Waals surface area (Å²) in [4.78, 5) is 15.7. The number of aromatic nitrogens is 1. The van der Waals surface area contributed by atoms with Crippen molar-refractivity contribution in [1.82, 2.24) is 10.3 Å². The summed E-state index contributed by atoms with van der Waals surface area (Å²) in [7, 11) is 3.35. The third-order valence-corrected chi connectivity index (χ3v) is 2.44. The molecule has 0 aliphatic rings. The molecule has 1 aromatic heterocycles. The number of amides is 1. The number of nitrogens with zero attached hydrogens (tertiary/aromatic N) is 1. The number of pyridine rings is 1. The van der Waals surface area contributed by atoms with Gasteiger partial charge >= 0.3 is 0 Å². The Kier molecular flexibility index (Phi) is 5.72. The lowest BCUT2D eigenvalue weighted by Gasteiger charge is -2.06. The van der Waals surface area contributed by atoms with Crippen molar-refractivity contribution in [3.63, 3.8) is 0 Å². The number of rotatable bonds is 6. The van der Waals surface area contributed by atoms with Crippen LogP contribution in [0.5, 0.6) is 0 Å². The predicted molar refractivity (Wildman–Crippen MR) is 67.6 cm³/mol. The van der Waals surface area contributed by atoms with Gasteiger partial charge in [-0.05, 0) is 12.5 Å². The van der Waals surface area contributed by atoms with E-state index in [0.29, 0.717) is 29.6 Å². The van der Waals surface area contributed by atoms with Gasteiger partial charge in [-0.25, -0.2) is 4.98 Å². The summed E-state index contributed by atoms with van der Waals surface area (Å²) in [5.41, 5.74) is 0.450. The van der Waals surface area contributed by atoms with Gasteiger partial charge in [-0.15, -0.1) is 0 Å². The number of nitrogens with one attached hydrogen (secondary N) is 2. The van der Waals surface area contributed by atoms with E-state index in [0.717, 1.165) is 6.42 Å². The Bertz CT molecular complexity index is 385. The molecule has 94 valence electrons. The maximum Gasteiger partial charge on any atom is 0.252 e. The van der Waals surface area contributed by atoms with Gasteiger partial charge in [0.2, 0.25) is 0 Å². The van der Waals surface area contributed by atoms with E-state index >= 15 is 0 Å². The van der Waals surface area contributed by atoms with Crippen LogP contribution < -0.4 is 10.6 Å². The highest BCUT2D eigenvalue weighted by Crippen LogP contribution is 2.19.